The number of halogens is 1. The molecule has 2 nitrogen and oxygen atoms in total. The Kier molecular flexibility index (Phi) is 4.30. The van der Waals surface area contributed by atoms with Crippen LogP contribution in [0.15, 0.2) is 18.2 Å². The summed E-state index contributed by atoms with van der Waals surface area (Å²) in [6.07, 6.45) is 5.84. The summed E-state index contributed by atoms with van der Waals surface area (Å²) < 4.78 is 5.33. The first kappa shape index (κ1) is 12.7. The van der Waals surface area contributed by atoms with Gasteiger partial charge < -0.3 is 10.5 Å². The Morgan fingerprint density at radius 3 is 2.88 bits per heavy atom. The highest BCUT2D eigenvalue weighted by Gasteiger charge is 2.27. The summed E-state index contributed by atoms with van der Waals surface area (Å²) in [7, 11) is 1.70. The van der Waals surface area contributed by atoms with Gasteiger partial charge in [0.15, 0.2) is 0 Å². The minimum Gasteiger partial charge on any atom is -0.496 e. The third-order valence-corrected chi connectivity index (χ3v) is 3.69. The van der Waals surface area contributed by atoms with Crippen LogP contribution in [0.2, 0.25) is 5.02 Å². The highest BCUT2D eigenvalue weighted by Crippen LogP contribution is 2.33. The lowest BCUT2D eigenvalue weighted by Crippen LogP contribution is -2.22. The molecule has 0 amide bonds. The Hall–Kier alpha value is -0.730. The number of nitrogens with two attached hydrogens (primary N) is 1. The summed E-state index contributed by atoms with van der Waals surface area (Å²) in [5, 5.41) is 0.771. The molecule has 0 saturated heterocycles. The number of ether oxygens (including phenoxy) is 1. The second-order valence-electron chi connectivity index (χ2n) is 4.85. The van der Waals surface area contributed by atoms with Gasteiger partial charge in [-0.3, -0.25) is 0 Å². The zero-order valence-corrected chi connectivity index (χ0v) is 11.0. The molecule has 1 aromatic rings. The van der Waals surface area contributed by atoms with Gasteiger partial charge in [0.25, 0.3) is 0 Å². The molecule has 0 bridgehead atoms. The average Bonchev–Trinajstić information content (AvgIpc) is 3.13. The van der Waals surface area contributed by atoms with E-state index in [9.17, 15) is 0 Å². The molecule has 1 aliphatic carbocycles. The van der Waals surface area contributed by atoms with E-state index in [2.05, 4.69) is 0 Å². The number of hydrogen-bond donors (Lipinski definition) is 1. The van der Waals surface area contributed by atoms with E-state index in [0.717, 1.165) is 36.0 Å². The fourth-order valence-corrected chi connectivity index (χ4v) is 2.43. The minimum atomic E-state index is 0.389. The molecule has 0 spiro atoms. The van der Waals surface area contributed by atoms with Gasteiger partial charge in [0.2, 0.25) is 0 Å². The largest absolute Gasteiger partial charge is 0.496 e. The van der Waals surface area contributed by atoms with Crippen LogP contribution in [0.3, 0.4) is 0 Å². The molecular formula is C14H20ClNO. The van der Waals surface area contributed by atoms with Crippen molar-refractivity contribution in [2.24, 2.45) is 11.7 Å². The molecule has 17 heavy (non-hydrogen) atoms. The van der Waals surface area contributed by atoms with Gasteiger partial charge in [-0.05, 0) is 61.8 Å². The third-order valence-electron chi connectivity index (χ3n) is 3.45. The van der Waals surface area contributed by atoms with Crippen molar-refractivity contribution in [2.75, 3.05) is 7.11 Å². The second kappa shape index (κ2) is 5.74. The van der Waals surface area contributed by atoms with Crippen LogP contribution < -0.4 is 10.5 Å². The lowest BCUT2D eigenvalue weighted by Gasteiger charge is -2.12. The van der Waals surface area contributed by atoms with Gasteiger partial charge in [0.1, 0.15) is 5.75 Å². The highest BCUT2D eigenvalue weighted by molar-refractivity contribution is 6.30. The zero-order chi connectivity index (χ0) is 12.3. The third kappa shape index (κ3) is 3.62. The van der Waals surface area contributed by atoms with Gasteiger partial charge in [-0.2, -0.15) is 0 Å². The van der Waals surface area contributed by atoms with E-state index in [1.165, 1.54) is 18.4 Å². The normalized spacial score (nSPS) is 16.9. The molecule has 1 atom stereocenters. The van der Waals surface area contributed by atoms with Crippen molar-refractivity contribution in [1.29, 1.82) is 0 Å². The van der Waals surface area contributed by atoms with Crippen LogP contribution >= 0.6 is 11.6 Å². The van der Waals surface area contributed by atoms with Crippen LogP contribution in [0.25, 0.3) is 0 Å². The standard InChI is InChI=1S/C14H20ClNO/c1-17-14-8-7-12(15)9-11(14)3-2-4-13(16)10-5-6-10/h7-10,13H,2-6,16H2,1H3. The second-order valence-corrected chi connectivity index (χ2v) is 5.29. The van der Waals surface area contributed by atoms with Crippen LogP contribution in [0, 0.1) is 5.92 Å². The maximum Gasteiger partial charge on any atom is 0.122 e. The van der Waals surface area contributed by atoms with Crippen molar-refractivity contribution >= 4 is 11.6 Å². The van der Waals surface area contributed by atoms with Gasteiger partial charge in [0.05, 0.1) is 7.11 Å². The molecule has 0 aliphatic heterocycles. The van der Waals surface area contributed by atoms with Gasteiger partial charge in [-0.1, -0.05) is 11.6 Å². The van der Waals surface area contributed by atoms with Crippen molar-refractivity contribution in [3.8, 4) is 5.75 Å². The van der Waals surface area contributed by atoms with Crippen LogP contribution in [0.5, 0.6) is 5.75 Å². The van der Waals surface area contributed by atoms with Crippen molar-refractivity contribution in [3.63, 3.8) is 0 Å². The zero-order valence-electron chi connectivity index (χ0n) is 10.3. The van der Waals surface area contributed by atoms with E-state index < -0.39 is 0 Å². The Morgan fingerprint density at radius 1 is 1.47 bits per heavy atom. The Labute approximate surface area is 108 Å². The lowest BCUT2D eigenvalue weighted by atomic mass is 10.0. The molecule has 1 saturated carbocycles. The summed E-state index contributed by atoms with van der Waals surface area (Å²) in [5.41, 5.74) is 7.27. The minimum absolute atomic E-state index is 0.389. The molecule has 2 rings (SSSR count). The van der Waals surface area contributed by atoms with Crippen LogP contribution in [-0.4, -0.2) is 13.2 Å². The van der Waals surface area contributed by atoms with E-state index in [-0.39, 0.29) is 0 Å². The number of hydrogen-bond acceptors (Lipinski definition) is 2. The number of benzene rings is 1. The fraction of sp³-hybridized carbons (Fsp3) is 0.571. The van der Waals surface area contributed by atoms with E-state index in [1.54, 1.807) is 7.11 Å². The van der Waals surface area contributed by atoms with Crippen LogP contribution in [0.4, 0.5) is 0 Å². The topological polar surface area (TPSA) is 35.2 Å². The first-order valence-electron chi connectivity index (χ1n) is 6.28. The summed E-state index contributed by atoms with van der Waals surface area (Å²) >= 11 is 6.00. The Bertz CT molecular complexity index is 376. The van der Waals surface area contributed by atoms with Gasteiger partial charge in [-0.15, -0.1) is 0 Å². The summed E-state index contributed by atoms with van der Waals surface area (Å²) in [6.45, 7) is 0. The smallest absolute Gasteiger partial charge is 0.122 e. The number of methoxy groups -OCH3 is 1. The van der Waals surface area contributed by atoms with Crippen molar-refractivity contribution < 1.29 is 4.74 Å². The fourth-order valence-electron chi connectivity index (χ4n) is 2.23. The maximum absolute atomic E-state index is 6.09. The summed E-state index contributed by atoms with van der Waals surface area (Å²) in [5.74, 6) is 1.71. The maximum atomic E-state index is 6.09. The number of rotatable bonds is 6. The molecular weight excluding hydrogens is 234 g/mol. The van der Waals surface area contributed by atoms with Gasteiger partial charge >= 0.3 is 0 Å². The van der Waals surface area contributed by atoms with Crippen LogP contribution in [0.1, 0.15) is 31.2 Å². The first-order valence-corrected chi connectivity index (χ1v) is 6.66. The molecule has 0 aromatic heterocycles. The van der Waals surface area contributed by atoms with Crippen molar-refractivity contribution in [3.05, 3.63) is 28.8 Å². The van der Waals surface area contributed by atoms with E-state index in [1.807, 2.05) is 18.2 Å². The molecule has 1 aromatic carbocycles. The summed E-state index contributed by atoms with van der Waals surface area (Å²) in [4.78, 5) is 0. The van der Waals surface area contributed by atoms with Crippen molar-refractivity contribution in [2.45, 2.75) is 38.1 Å². The Balaban J connectivity index is 1.86. The Morgan fingerprint density at radius 2 is 2.24 bits per heavy atom. The monoisotopic (exact) mass is 253 g/mol. The molecule has 0 heterocycles. The predicted octanol–water partition coefficient (Wildman–Crippen LogP) is 3.41. The predicted molar refractivity (Wildman–Crippen MR) is 71.6 cm³/mol. The molecule has 2 N–H and O–H groups in total. The molecule has 0 radical (unpaired) electrons. The van der Waals surface area contributed by atoms with E-state index >= 15 is 0 Å². The number of aryl methyl sites for hydroxylation is 1. The molecule has 3 heteroatoms. The average molecular weight is 254 g/mol. The van der Waals surface area contributed by atoms with E-state index in [0.29, 0.717) is 6.04 Å². The molecule has 94 valence electrons. The summed E-state index contributed by atoms with van der Waals surface area (Å²) in [6, 6.07) is 6.17. The molecule has 1 aliphatic rings. The highest BCUT2D eigenvalue weighted by atomic mass is 35.5. The molecule has 1 unspecified atom stereocenters. The SMILES string of the molecule is COc1ccc(Cl)cc1CCCC(N)C1CC1. The van der Waals surface area contributed by atoms with Gasteiger partial charge in [-0.25, -0.2) is 0 Å². The van der Waals surface area contributed by atoms with Crippen molar-refractivity contribution in [1.82, 2.24) is 0 Å². The molecule has 1 fully saturated rings. The lowest BCUT2D eigenvalue weighted by molar-refractivity contribution is 0.408. The van der Waals surface area contributed by atoms with E-state index in [4.69, 9.17) is 22.1 Å². The first-order chi connectivity index (χ1) is 8.20. The van der Waals surface area contributed by atoms with Crippen LogP contribution in [-0.2, 0) is 6.42 Å². The van der Waals surface area contributed by atoms with Gasteiger partial charge in [0, 0.05) is 11.1 Å². The quantitative estimate of drug-likeness (QED) is 0.843.